The molecule has 0 saturated carbocycles. The largest absolute Gasteiger partial charge is 0.393 e. The minimum Gasteiger partial charge on any atom is -0.393 e. The lowest BCUT2D eigenvalue weighted by molar-refractivity contribution is 0.183. The fourth-order valence-corrected chi connectivity index (χ4v) is 1.18. The number of aliphatic hydroxyl groups is 1. The Morgan fingerprint density at radius 2 is 2.14 bits per heavy atom. The lowest BCUT2D eigenvalue weighted by Gasteiger charge is -2.06. The van der Waals surface area contributed by atoms with E-state index >= 15 is 0 Å². The topological polar surface area (TPSA) is 32.3 Å². The van der Waals surface area contributed by atoms with Gasteiger partial charge in [-0.2, -0.15) is 0 Å². The summed E-state index contributed by atoms with van der Waals surface area (Å²) in [5, 5.41) is 12.1. The van der Waals surface area contributed by atoms with Gasteiger partial charge in [0.1, 0.15) is 5.82 Å². The van der Waals surface area contributed by atoms with Gasteiger partial charge in [-0.1, -0.05) is 18.2 Å². The van der Waals surface area contributed by atoms with E-state index in [1.54, 1.807) is 19.1 Å². The fourth-order valence-electron chi connectivity index (χ4n) is 1.18. The second-order valence-corrected chi connectivity index (χ2v) is 3.41. The first-order chi connectivity index (χ1) is 6.70. The highest BCUT2D eigenvalue weighted by atomic mass is 19.1. The molecular formula is C11H16FNO. The highest BCUT2D eigenvalue weighted by Gasteiger charge is 1.99. The average Bonchev–Trinajstić information content (AvgIpc) is 2.15. The summed E-state index contributed by atoms with van der Waals surface area (Å²) in [5.74, 6) is -0.183. The minimum atomic E-state index is -0.303. The van der Waals surface area contributed by atoms with Crippen molar-refractivity contribution in [3.8, 4) is 0 Å². The van der Waals surface area contributed by atoms with Gasteiger partial charge in [0.2, 0.25) is 0 Å². The standard InChI is InChI=1S/C11H16FNO/c1-9(14)6-7-13-8-10-4-2-3-5-11(10)12/h2-5,9,13-14H,6-8H2,1H3/t9-/m1/s1. The van der Waals surface area contributed by atoms with Crippen molar-refractivity contribution < 1.29 is 9.50 Å². The molecule has 0 aromatic heterocycles. The molecule has 0 heterocycles. The van der Waals surface area contributed by atoms with Crippen molar-refractivity contribution in [1.29, 1.82) is 0 Å². The monoisotopic (exact) mass is 197 g/mol. The molecule has 0 amide bonds. The van der Waals surface area contributed by atoms with Gasteiger partial charge >= 0.3 is 0 Å². The molecule has 0 spiro atoms. The average molecular weight is 197 g/mol. The molecule has 0 aliphatic rings. The Balaban J connectivity index is 2.28. The van der Waals surface area contributed by atoms with Gasteiger partial charge in [-0.25, -0.2) is 4.39 Å². The highest BCUT2D eigenvalue weighted by Crippen LogP contribution is 2.05. The van der Waals surface area contributed by atoms with Crippen LogP contribution in [0.25, 0.3) is 0 Å². The van der Waals surface area contributed by atoms with E-state index in [4.69, 9.17) is 5.11 Å². The van der Waals surface area contributed by atoms with E-state index in [9.17, 15) is 4.39 Å². The van der Waals surface area contributed by atoms with Gasteiger partial charge in [-0.05, 0) is 26.0 Å². The first kappa shape index (κ1) is 11.1. The second-order valence-electron chi connectivity index (χ2n) is 3.41. The van der Waals surface area contributed by atoms with Crippen LogP contribution in [0.4, 0.5) is 4.39 Å². The summed E-state index contributed by atoms with van der Waals surface area (Å²) in [5.41, 5.74) is 0.665. The highest BCUT2D eigenvalue weighted by molar-refractivity contribution is 5.16. The maximum atomic E-state index is 13.1. The van der Waals surface area contributed by atoms with Gasteiger partial charge in [-0.15, -0.1) is 0 Å². The molecule has 0 fully saturated rings. The molecule has 1 rings (SSSR count). The molecule has 0 saturated heterocycles. The molecule has 2 nitrogen and oxygen atoms in total. The molecule has 78 valence electrons. The Morgan fingerprint density at radius 1 is 1.43 bits per heavy atom. The van der Waals surface area contributed by atoms with Crippen LogP contribution in [0.5, 0.6) is 0 Å². The molecule has 0 unspecified atom stereocenters. The number of aliphatic hydroxyl groups excluding tert-OH is 1. The first-order valence-corrected chi connectivity index (χ1v) is 4.82. The summed E-state index contributed by atoms with van der Waals surface area (Å²) in [7, 11) is 0. The molecule has 0 aliphatic heterocycles. The summed E-state index contributed by atoms with van der Waals surface area (Å²) >= 11 is 0. The Labute approximate surface area is 83.8 Å². The second kappa shape index (κ2) is 5.73. The number of benzene rings is 1. The van der Waals surface area contributed by atoms with Gasteiger partial charge in [0.05, 0.1) is 6.10 Å². The van der Waals surface area contributed by atoms with Crippen molar-refractivity contribution in [2.24, 2.45) is 0 Å². The van der Waals surface area contributed by atoms with Crippen LogP contribution in [0.1, 0.15) is 18.9 Å². The van der Waals surface area contributed by atoms with Crippen molar-refractivity contribution in [2.45, 2.75) is 26.0 Å². The molecule has 3 heteroatoms. The number of rotatable bonds is 5. The molecule has 0 bridgehead atoms. The van der Waals surface area contributed by atoms with Crippen LogP contribution in [0, 0.1) is 5.82 Å². The van der Waals surface area contributed by atoms with E-state index < -0.39 is 0 Å². The van der Waals surface area contributed by atoms with Crippen molar-refractivity contribution in [1.82, 2.24) is 5.32 Å². The minimum absolute atomic E-state index is 0.183. The molecule has 1 atom stereocenters. The van der Waals surface area contributed by atoms with Crippen LogP contribution in [-0.2, 0) is 6.54 Å². The van der Waals surface area contributed by atoms with Gasteiger partial charge < -0.3 is 10.4 Å². The Hall–Kier alpha value is -0.930. The van der Waals surface area contributed by atoms with Crippen molar-refractivity contribution >= 4 is 0 Å². The van der Waals surface area contributed by atoms with E-state index in [2.05, 4.69) is 5.32 Å². The summed E-state index contributed by atoms with van der Waals surface area (Å²) in [6, 6.07) is 6.69. The molecule has 0 radical (unpaired) electrons. The third kappa shape index (κ3) is 3.85. The maximum Gasteiger partial charge on any atom is 0.127 e. The van der Waals surface area contributed by atoms with E-state index in [1.807, 2.05) is 6.07 Å². The van der Waals surface area contributed by atoms with Gasteiger partial charge in [0.15, 0.2) is 0 Å². The number of hydrogen-bond acceptors (Lipinski definition) is 2. The van der Waals surface area contributed by atoms with Gasteiger partial charge in [0.25, 0.3) is 0 Å². The molecule has 2 N–H and O–H groups in total. The Morgan fingerprint density at radius 3 is 2.79 bits per heavy atom. The van der Waals surface area contributed by atoms with Crippen LogP contribution in [0.15, 0.2) is 24.3 Å². The number of halogens is 1. The van der Waals surface area contributed by atoms with Crippen LogP contribution in [0.2, 0.25) is 0 Å². The third-order valence-corrected chi connectivity index (χ3v) is 2.01. The summed E-state index contributed by atoms with van der Waals surface area (Å²) < 4.78 is 13.1. The Bertz CT molecular complexity index is 276. The molecule has 14 heavy (non-hydrogen) atoms. The Kier molecular flexibility index (Phi) is 4.56. The summed E-state index contributed by atoms with van der Waals surface area (Å²) in [6.07, 6.45) is 0.386. The lowest BCUT2D eigenvalue weighted by atomic mass is 10.2. The van der Waals surface area contributed by atoms with Gasteiger partial charge in [-0.3, -0.25) is 0 Å². The summed E-state index contributed by atoms with van der Waals surface area (Å²) in [4.78, 5) is 0. The molecule has 1 aromatic carbocycles. The van der Waals surface area contributed by atoms with Crippen LogP contribution in [0.3, 0.4) is 0 Å². The molecular weight excluding hydrogens is 181 g/mol. The fraction of sp³-hybridized carbons (Fsp3) is 0.455. The molecule has 0 aliphatic carbocycles. The zero-order chi connectivity index (χ0) is 10.4. The van der Waals surface area contributed by atoms with Crippen LogP contribution < -0.4 is 5.32 Å². The van der Waals surface area contributed by atoms with Crippen LogP contribution in [-0.4, -0.2) is 17.8 Å². The predicted octanol–water partition coefficient (Wildman–Crippen LogP) is 1.69. The zero-order valence-electron chi connectivity index (χ0n) is 8.33. The van der Waals surface area contributed by atoms with E-state index in [-0.39, 0.29) is 11.9 Å². The predicted molar refractivity (Wildman–Crippen MR) is 54.4 cm³/mol. The SMILES string of the molecule is C[C@@H](O)CCNCc1ccccc1F. The van der Waals surface area contributed by atoms with E-state index in [0.29, 0.717) is 25.1 Å². The normalized spacial score (nSPS) is 12.8. The lowest BCUT2D eigenvalue weighted by Crippen LogP contribution is -2.19. The third-order valence-electron chi connectivity index (χ3n) is 2.01. The number of hydrogen-bond donors (Lipinski definition) is 2. The van der Waals surface area contributed by atoms with Crippen LogP contribution >= 0.6 is 0 Å². The first-order valence-electron chi connectivity index (χ1n) is 4.82. The van der Waals surface area contributed by atoms with E-state index in [1.165, 1.54) is 6.07 Å². The van der Waals surface area contributed by atoms with Crippen molar-refractivity contribution in [3.05, 3.63) is 35.6 Å². The zero-order valence-corrected chi connectivity index (χ0v) is 8.33. The van der Waals surface area contributed by atoms with Gasteiger partial charge in [0, 0.05) is 12.1 Å². The molecule has 1 aromatic rings. The number of nitrogens with one attached hydrogen (secondary N) is 1. The quantitative estimate of drug-likeness (QED) is 0.704. The maximum absolute atomic E-state index is 13.1. The summed E-state index contributed by atoms with van der Waals surface area (Å²) in [6.45, 7) is 2.95. The van der Waals surface area contributed by atoms with E-state index in [0.717, 1.165) is 0 Å². The smallest absolute Gasteiger partial charge is 0.127 e. The van der Waals surface area contributed by atoms with Crippen molar-refractivity contribution in [3.63, 3.8) is 0 Å². The van der Waals surface area contributed by atoms with Crippen molar-refractivity contribution in [2.75, 3.05) is 6.54 Å².